The molecule has 41 heavy (non-hydrogen) atoms. The van der Waals surface area contributed by atoms with Gasteiger partial charge < -0.3 is 4.40 Å². The van der Waals surface area contributed by atoms with Gasteiger partial charge in [-0.3, -0.25) is 4.98 Å². The average molecular weight is 521 g/mol. The van der Waals surface area contributed by atoms with Crippen molar-refractivity contribution in [1.29, 1.82) is 0 Å². The van der Waals surface area contributed by atoms with Crippen molar-refractivity contribution in [2.24, 2.45) is 0 Å². The molecule has 0 amide bonds. The Morgan fingerprint density at radius 2 is 0.878 bits per heavy atom. The van der Waals surface area contributed by atoms with Gasteiger partial charge in [-0.25, -0.2) is 0 Å². The zero-order valence-electron chi connectivity index (χ0n) is 22.3. The van der Waals surface area contributed by atoms with Crippen LogP contribution in [0.2, 0.25) is 0 Å². The normalized spacial score (nSPS) is 11.9. The predicted octanol–water partition coefficient (Wildman–Crippen LogP) is 10.4. The van der Waals surface area contributed by atoms with E-state index in [2.05, 4.69) is 138 Å². The highest BCUT2D eigenvalue weighted by Gasteiger charge is 2.16. The lowest BCUT2D eigenvalue weighted by molar-refractivity contribution is 1.27. The number of para-hydroxylation sites is 3. The van der Waals surface area contributed by atoms with Crippen LogP contribution >= 0.6 is 0 Å². The van der Waals surface area contributed by atoms with E-state index in [0.29, 0.717) is 0 Å². The van der Waals surface area contributed by atoms with Gasteiger partial charge in [-0.15, -0.1) is 0 Å². The molecular weight excluding hydrogens is 496 g/mol. The molecule has 190 valence electrons. The molecule has 0 saturated heterocycles. The summed E-state index contributed by atoms with van der Waals surface area (Å²) in [5.74, 6) is 0. The second-order valence-electron chi connectivity index (χ2n) is 10.8. The van der Waals surface area contributed by atoms with Gasteiger partial charge in [0.15, 0.2) is 0 Å². The molecule has 7 aromatic carbocycles. The fraction of sp³-hybridized carbons (Fsp3) is 0. The molecule has 0 aliphatic carbocycles. The van der Waals surface area contributed by atoms with Crippen LogP contribution in [0.3, 0.4) is 0 Å². The van der Waals surface area contributed by atoms with E-state index < -0.39 is 0 Å². The summed E-state index contributed by atoms with van der Waals surface area (Å²) in [7, 11) is 0. The van der Waals surface area contributed by atoms with Crippen LogP contribution in [0, 0.1) is 0 Å². The highest BCUT2D eigenvalue weighted by Crippen LogP contribution is 2.39. The fourth-order valence-electron chi connectivity index (χ4n) is 6.75. The summed E-state index contributed by atoms with van der Waals surface area (Å²) in [6, 6.07) is 50.5. The van der Waals surface area contributed by atoms with Crippen molar-refractivity contribution in [1.82, 2.24) is 9.38 Å². The summed E-state index contributed by atoms with van der Waals surface area (Å²) in [5.41, 5.74) is 9.31. The van der Waals surface area contributed by atoms with E-state index in [-0.39, 0.29) is 0 Å². The molecular formula is C39H24N2. The average Bonchev–Trinajstić information content (AvgIpc) is 3.40. The Balaban J connectivity index is 1.23. The number of aromatic nitrogens is 2. The second kappa shape index (κ2) is 8.51. The van der Waals surface area contributed by atoms with Gasteiger partial charge in [-0.2, -0.15) is 0 Å². The smallest absolute Gasteiger partial charge is 0.0871 e. The third-order valence-electron chi connectivity index (χ3n) is 8.61. The van der Waals surface area contributed by atoms with Crippen molar-refractivity contribution in [3.8, 4) is 22.3 Å². The molecule has 0 aliphatic heterocycles. The van der Waals surface area contributed by atoms with Crippen molar-refractivity contribution < 1.29 is 0 Å². The van der Waals surface area contributed by atoms with Crippen LogP contribution in [0.25, 0.3) is 82.0 Å². The fourth-order valence-corrected chi connectivity index (χ4v) is 6.75. The molecule has 0 aliphatic rings. The van der Waals surface area contributed by atoms with E-state index in [1.807, 2.05) is 12.3 Å². The Morgan fingerprint density at radius 3 is 1.59 bits per heavy atom. The SMILES string of the molecule is c1ccc2c(c1)ncc1c(-c3ccc(-c4ccc5c6ccccc6c6ccccc6c5c4)cc3)c3ccccc3n12. The Bertz CT molecular complexity index is 2430. The minimum Gasteiger partial charge on any atom is -0.306 e. The minimum absolute atomic E-state index is 0.999. The van der Waals surface area contributed by atoms with Gasteiger partial charge in [-0.05, 0) is 73.3 Å². The second-order valence-corrected chi connectivity index (χ2v) is 10.8. The number of hydrogen-bond donors (Lipinski definition) is 0. The molecule has 0 radical (unpaired) electrons. The van der Waals surface area contributed by atoms with Gasteiger partial charge in [0.2, 0.25) is 0 Å². The number of rotatable bonds is 2. The number of benzene rings is 7. The molecule has 2 heteroatoms. The van der Waals surface area contributed by atoms with E-state index in [4.69, 9.17) is 4.98 Å². The van der Waals surface area contributed by atoms with Gasteiger partial charge in [0.05, 0.1) is 28.3 Å². The molecule has 2 nitrogen and oxygen atoms in total. The van der Waals surface area contributed by atoms with Gasteiger partial charge in [0, 0.05) is 10.9 Å². The molecule has 0 unspecified atom stereocenters. The van der Waals surface area contributed by atoms with Crippen molar-refractivity contribution in [2.75, 3.05) is 0 Å². The van der Waals surface area contributed by atoms with Gasteiger partial charge in [0.1, 0.15) is 0 Å². The summed E-state index contributed by atoms with van der Waals surface area (Å²) in [4.78, 5) is 4.81. The number of nitrogens with zero attached hydrogens (tertiary/aromatic N) is 2. The molecule has 0 N–H and O–H groups in total. The minimum atomic E-state index is 0.999. The summed E-state index contributed by atoms with van der Waals surface area (Å²) >= 11 is 0. The van der Waals surface area contributed by atoms with Gasteiger partial charge in [0.25, 0.3) is 0 Å². The van der Waals surface area contributed by atoms with E-state index in [1.54, 1.807) is 0 Å². The molecule has 0 atom stereocenters. The van der Waals surface area contributed by atoms with Crippen LogP contribution < -0.4 is 0 Å². The molecule has 0 fully saturated rings. The molecule has 9 aromatic rings. The van der Waals surface area contributed by atoms with Gasteiger partial charge >= 0.3 is 0 Å². The first-order valence-corrected chi connectivity index (χ1v) is 14.1. The zero-order chi connectivity index (χ0) is 26.9. The zero-order valence-corrected chi connectivity index (χ0v) is 22.3. The van der Waals surface area contributed by atoms with Crippen LogP contribution in [-0.4, -0.2) is 9.38 Å². The summed E-state index contributed by atoms with van der Waals surface area (Å²) in [6.45, 7) is 0. The van der Waals surface area contributed by atoms with Crippen LogP contribution in [0.4, 0.5) is 0 Å². The summed E-state index contributed by atoms with van der Waals surface area (Å²) in [6.07, 6.45) is 2.02. The van der Waals surface area contributed by atoms with Crippen molar-refractivity contribution >= 4 is 59.8 Å². The van der Waals surface area contributed by atoms with Crippen LogP contribution in [-0.2, 0) is 0 Å². The first kappa shape index (κ1) is 22.4. The van der Waals surface area contributed by atoms with Crippen molar-refractivity contribution in [2.45, 2.75) is 0 Å². The molecule has 0 spiro atoms. The quantitative estimate of drug-likeness (QED) is 0.207. The Labute approximate surface area is 236 Å². The lowest BCUT2D eigenvalue weighted by Gasteiger charge is -2.12. The van der Waals surface area contributed by atoms with E-state index in [0.717, 1.165) is 16.6 Å². The maximum absolute atomic E-state index is 4.81. The first-order valence-electron chi connectivity index (χ1n) is 14.1. The molecule has 0 bridgehead atoms. The van der Waals surface area contributed by atoms with Crippen LogP contribution in [0.1, 0.15) is 0 Å². The molecule has 0 saturated carbocycles. The third kappa shape index (κ3) is 3.22. The predicted molar refractivity (Wildman–Crippen MR) is 174 cm³/mol. The van der Waals surface area contributed by atoms with E-state index in [9.17, 15) is 0 Å². The summed E-state index contributed by atoms with van der Waals surface area (Å²) in [5, 5.41) is 9.04. The Hall–Kier alpha value is -5.47. The Morgan fingerprint density at radius 1 is 0.366 bits per heavy atom. The Kier molecular flexibility index (Phi) is 4.64. The van der Waals surface area contributed by atoms with Gasteiger partial charge in [-0.1, -0.05) is 115 Å². The van der Waals surface area contributed by atoms with Crippen molar-refractivity contribution in [3.63, 3.8) is 0 Å². The lowest BCUT2D eigenvalue weighted by Crippen LogP contribution is -1.90. The van der Waals surface area contributed by atoms with E-state index >= 15 is 0 Å². The number of fused-ring (bicyclic) bond motifs is 11. The van der Waals surface area contributed by atoms with Crippen LogP contribution in [0.15, 0.2) is 146 Å². The molecule has 9 rings (SSSR count). The molecule has 2 heterocycles. The standard InChI is InChI=1S/C39H24N2/c1-2-11-30-28(9-1)29-10-3-4-12-31(29)34-23-27(21-22-32(30)34)25-17-19-26(20-18-25)39-33-13-5-7-15-36(33)41-37-16-8-6-14-35(37)40-24-38(39)41/h1-24H. The van der Waals surface area contributed by atoms with Crippen LogP contribution in [0.5, 0.6) is 0 Å². The molecule has 2 aromatic heterocycles. The monoisotopic (exact) mass is 520 g/mol. The maximum Gasteiger partial charge on any atom is 0.0871 e. The third-order valence-corrected chi connectivity index (χ3v) is 8.61. The maximum atomic E-state index is 4.81. The number of hydrogen-bond acceptors (Lipinski definition) is 1. The van der Waals surface area contributed by atoms with E-state index in [1.165, 1.54) is 65.5 Å². The first-order chi connectivity index (χ1) is 20.3. The summed E-state index contributed by atoms with van der Waals surface area (Å²) < 4.78 is 2.35. The largest absolute Gasteiger partial charge is 0.306 e. The van der Waals surface area contributed by atoms with Crippen molar-refractivity contribution in [3.05, 3.63) is 146 Å². The topological polar surface area (TPSA) is 17.3 Å². The lowest BCUT2D eigenvalue weighted by atomic mass is 9.91. The highest BCUT2D eigenvalue weighted by atomic mass is 14.9. The highest BCUT2D eigenvalue weighted by molar-refractivity contribution is 6.25.